The number of nitrogen functional groups attached to an aromatic ring is 1. The van der Waals surface area contributed by atoms with E-state index in [1.807, 2.05) is 30.3 Å². The molecule has 3 aromatic rings. The molecule has 0 fully saturated rings. The third-order valence-corrected chi connectivity index (χ3v) is 5.87. The molecule has 0 bridgehead atoms. The average Bonchev–Trinajstić information content (AvgIpc) is 3.35. The lowest BCUT2D eigenvalue weighted by molar-refractivity contribution is 0.103. The van der Waals surface area contributed by atoms with Crippen molar-refractivity contribution in [2.45, 2.75) is 32.5 Å². The molecule has 30 heavy (non-hydrogen) atoms. The number of nitrogens with zero attached hydrogens (tertiary/aromatic N) is 1. The predicted molar refractivity (Wildman–Crippen MR) is 120 cm³/mol. The number of nitrogens with two attached hydrogens (primary N) is 1. The highest BCUT2D eigenvalue weighted by Gasteiger charge is 2.21. The summed E-state index contributed by atoms with van der Waals surface area (Å²) in [4.78, 5) is 19.3. The molecule has 6 nitrogen and oxygen atoms in total. The van der Waals surface area contributed by atoms with E-state index in [1.165, 1.54) is 22.5 Å². The molecule has 3 N–H and O–H groups in total. The van der Waals surface area contributed by atoms with Gasteiger partial charge >= 0.3 is 0 Å². The molecule has 0 saturated heterocycles. The quantitative estimate of drug-likeness (QED) is 0.330. The van der Waals surface area contributed by atoms with Gasteiger partial charge in [0.2, 0.25) is 0 Å². The minimum Gasteiger partial charge on any atom is -0.490 e. The first-order valence-electron chi connectivity index (χ1n) is 9.76. The molecule has 0 radical (unpaired) electrons. The van der Waals surface area contributed by atoms with E-state index in [9.17, 15) is 4.79 Å². The van der Waals surface area contributed by atoms with E-state index in [0.717, 1.165) is 17.0 Å². The van der Waals surface area contributed by atoms with E-state index in [2.05, 4.69) is 23.5 Å². The molecule has 4 rings (SSSR count). The van der Waals surface area contributed by atoms with Crippen molar-refractivity contribution in [1.29, 1.82) is 0 Å². The molecule has 2 heterocycles. The summed E-state index contributed by atoms with van der Waals surface area (Å²) < 4.78 is 5.78. The van der Waals surface area contributed by atoms with Crippen LogP contribution in [0.1, 0.15) is 32.6 Å². The predicted octanol–water partition coefficient (Wildman–Crippen LogP) is 4.65. The van der Waals surface area contributed by atoms with Gasteiger partial charge in [-0.1, -0.05) is 29.4 Å². The van der Waals surface area contributed by atoms with Crippen LogP contribution in [0.25, 0.3) is 0 Å². The molecule has 1 aliphatic rings. The number of carbonyl (C=O) groups is 1. The maximum Gasteiger partial charge on any atom is 0.265 e. The number of thiophene rings is 1. The maximum absolute atomic E-state index is 12.4. The van der Waals surface area contributed by atoms with Gasteiger partial charge in [0.25, 0.3) is 5.91 Å². The third kappa shape index (κ3) is 4.63. The highest BCUT2D eigenvalue weighted by Crippen LogP contribution is 2.31. The zero-order chi connectivity index (χ0) is 20.9. The number of nitrogens with one attached hydrogen (secondary N) is 1. The van der Waals surface area contributed by atoms with Gasteiger partial charge in [-0.15, -0.1) is 11.3 Å². The van der Waals surface area contributed by atoms with Crippen LogP contribution in [0.4, 0.5) is 11.4 Å². The summed E-state index contributed by atoms with van der Waals surface area (Å²) in [6, 6.07) is 16.9. The monoisotopic (exact) mass is 421 g/mol. The van der Waals surface area contributed by atoms with Crippen LogP contribution in [0, 0.1) is 0 Å². The fourth-order valence-corrected chi connectivity index (χ4v) is 4.16. The highest BCUT2D eigenvalue weighted by molar-refractivity contribution is 7.14. The van der Waals surface area contributed by atoms with E-state index in [-0.39, 0.29) is 12.0 Å². The number of benzene rings is 2. The fourth-order valence-electron chi connectivity index (χ4n) is 3.35. The zero-order valence-electron chi connectivity index (χ0n) is 16.6. The first-order valence-corrected chi connectivity index (χ1v) is 10.6. The lowest BCUT2D eigenvalue weighted by atomic mass is 10.0. The molecular formula is C23H23N3O3S. The molecule has 1 aromatic heterocycles. The van der Waals surface area contributed by atoms with Crippen molar-refractivity contribution in [1.82, 2.24) is 0 Å². The SMILES string of the molecule is CC1Cc2c(C/C=N/OCc3ccc(C(=O)Nc4ccccc4N)s3)cccc2O1. The zero-order valence-corrected chi connectivity index (χ0v) is 17.4. The second-order valence-electron chi connectivity index (χ2n) is 7.10. The van der Waals surface area contributed by atoms with E-state index in [4.69, 9.17) is 15.3 Å². The third-order valence-electron chi connectivity index (χ3n) is 4.81. The molecule has 0 saturated carbocycles. The molecule has 0 spiro atoms. The van der Waals surface area contributed by atoms with Crippen LogP contribution in [-0.2, 0) is 24.3 Å². The van der Waals surface area contributed by atoms with Gasteiger partial charge < -0.3 is 20.6 Å². The Kier molecular flexibility index (Phi) is 5.99. The van der Waals surface area contributed by atoms with Gasteiger partial charge in [-0.3, -0.25) is 4.79 Å². The molecule has 0 aliphatic carbocycles. The Balaban J connectivity index is 1.28. The molecular weight excluding hydrogens is 398 g/mol. The largest absolute Gasteiger partial charge is 0.490 e. The minimum atomic E-state index is -0.193. The van der Waals surface area contributed by atoms with Crippen LogP contribution >= 0.6 is 11.3 Å². The Hall–Kier alpha value is -3.32. The Morgan fingerprint density at radius 3 is 3.00 bits per heavy atom. The van der Waals surface area contributed by atoms with Crippen molar-refractivity contribution in [3.63, 3.8) is 0 Å². The lowest BCUT2D eigenvalue weighted by Gasteiger charge is -2.06. The summed E-state index contributed by atoms with van der Waals surface area (Å²) in [5.74, 6) is 0.776. The highest BCUT2D eigenvalue weighted by atomic mass is 32.1. The van der Waals surface area contributed by atoms with Gasteiger partial charge in [0.1, 0.15) is 11.9 Å². The van der Waals surface area contributed by atoms with Gasteiger partial charge in [-0.2, -0.15) is 0 Å². The number of oxime groups is 1. The van der Waals surface area contributed by atoms with Gasteiger partial charge in [0.15, 0.2) is 6.61 Å². The molecule has 1 amide bonds. The first kappa shape index (κ1) is 20.0. The number of rotatable bonds is 7. The van der Waals surface area contributed by atoms with E-state index in [0.29, 0.717) is 29.3 Å². The van der Waals surface area contributed by atoms with Crippen molar-refractivity contribution in [2.75, 3.05) is 11.1 Å². The molecule has 1 aliphatic heterocycles. The molecule has 1 unspecified atom stereocenters. The van der Waals surface area contributed by atoms with Gasteiger partial charge in [0, 0.05) is 29.5 Å². The Bertz CT molecular complexity index is 1080. The van der Waals surface area contributed by atoms with Crippen molar-refractivity contribution >= 4 is 34.8 Å². The topological polar surface area (TPSA) is 85.9 Å². The fraction of sp³-hybridized carbons (Fsp3) is 0.217. The van der Waals surface area contributed by atoms with Crippen molar-refractivity contribution < 1.29 is 14.4 Å². The summed E-state index contributed by atoms with van der Waals surface area (Å²) in [5.41, 5.74) is 9.47. The molecule has 154 valence electrons. The van der Waals surface area contributed by atoms with Gasteiger partial charge in [0.05, 0.1) is 16.3 Å². The second kappa shape index (κ2) is 9.00. The molecule has 2 aromatic carbocycles. The van der Waals surface area contributed by atoms with Crippen LogP contribution in [0.5, 0.6) is 5.75 Å². The van der Waals surface area contributed by atoms with Gasteiger partial charge in [-0.05, 0) is 42.8 Å². The first-order chi connectivity index (χ1) is 14.6. The summed E-state index contributed by atoms with van der Waals surface area (Å²) >= 11 is 1.37. The number of carbonyl (C=O) groups excluding carboxylic acids is 1. The average molecular weight is 422 g/mol. The van der Waals surface area contributed by atoms with E-state index >= 15 is 0 Å². The van der Waals surface area contributed by atoms with Crippen LogP contribution < -0.4 is 15.8 Å². The van der Waals surface area contributed by atoms with Crippen LogP contribution in [0.3, 0.4) is 0 Å². The number of ether oxygens (including phenoxy) is 1. The number of hydrogen-bond acceptors (Lipinski definition) is 6. The van der Waals surface area contributed by atoms with Crippen molar-refractivity contribution in [3.05, 3.63) is 75.5 Å². The maximum atomic E-state index is 12.4. The molecule has 1 atom stereocenters. The summed E-state index contributed by atoms with van der Waals surface area (Å²) in [6.45, 7) is 2.39. The summed E-state index contributed by atoms with van der Waals surface area (Å²) in [6.07, 6.45) is 3.60. The summed E-state index contributed by atoms with van der Waals surface area (Å²) in [7, 11) is 0. The Morgan fingerprint density at radius 2 is 2.13 bits per heavy atom. The number of amides is 1. The normalized spacial score (nSPS) is 15.0. The second-order valence-corrected chi connectivity index (χ2v) is 8.27. The smallest absolute Gasteiger partial charge is 0.265 e. The van der Waals surface area contributed by atoms with Crippen LogP contribution in [0.15, 0.2) is 59.8 Å². The van der Waals surface area contributed by atoms with Crippen LogP contribution in [0.2, 0.25) is 0 Å². The van der Waals surface area contributed by atoms with E-state index in [1.54, 1.807) is 24.4 Å². The summed E-state index contributed by atoms with van der Waals surface area (Å²) in [5, 5.41) is 6.89. The van der Waals surface area contributed by atoms with Crippen LogP contribution in [-0.4, -0.2) is 18.2 Å². The lowest BCUT2D eigenvalue weighted by Crippen LogP contribution is -2.11. The van der Waals surface area contributed by atoms with E-state index < -0.39 is 0 Å². The molecule has 7 heteroatoms. The standard InChI is InChI=1S/C23H23N3O3S/c1-15-13-18-16(5-4-8-21(18)29-15)11-12-25-28-14-17-9-10-22(30-17)23(27)26-20-7-3-2-6-19(20)24/h2-10,12,15H,11,13-14,24H2,1H3,(H,26,27)/b25-12+. The Morgan fingerprint density at radius 1 is 1.27 bits per heavy atom. The van der Waals surface area contributed by atoms with Crippen molar-refractivity contribution in [3.8, 4) is 5.75 Å². The Labute approximate surface area is 179 Å². The number of hydrogen-bond donors (Lipinski definition) is 2. The minimum absolute atomic E-state index is 0.193. The number of para-hydroxylation sites is 2. The van der Waals surface area contributed by atoms with Gasteiger partial charge in [-0.25, -0.2) is 0 Å². The number of fused-ring (bicyclic) bond motifs is 1. The van der Waals surface area contributed by atoms with Crippen molar-refractivity contribution in [2.24, 2.45) is 5.16 Å². The number of anilines is 2.